The smallest absolute Gasteiger partial charge is 0.240 e. The number of aromatic nitrogens is 3. The van der Waals surface area contributed by atoms with Gasteiger partial charge in [0.1, 0.15) is 5.75 Å². The van der Waals surface area contributed by atoms with Crippen LogP contribution in [0.3, 0.4) is 0 Å². The van der Waals surface area contributed by atoms with E-state index in [-0.39, 0.29) is 11.4 Å². The third-order valence-corrected chi connectivity index (χ3v) is 7.41. The van der Waals surface area contributed by atoms with Gasteiger partial charge in [-0.2, -0.15) is 0 Å². The Morgan fingerprint density at radius 3 is 2.30 bits per heavy atom. The number of ether oxygens (including phenoxy) is 1. The molecule has 0 radical (unpaired) electrons. The molecule has 0 amide bonds. The minimum Gasteiger partial charge on any atom is -0.497 e. The van der Waals surface area contributed by atoms with Crippen LogP contribution in [0.15, 0.2) is 88.9 Å². The highest BCUT2D eigenvalue weighted by atomic mass is 32.2. The molecule has 3 aromatic carbocycles. The number of aryl methyl sites for hydroxylation is 1. The van der Waals surface area contributed by atoms with Gasteiger partial charge >= 0.3 is 0 Å². The van der Waals surface area contributed by atoms with Gasteiger partial charge in [-0.1, -0.05) is 59.8 Å². The van der Waals surface area contributed by atoms with Crippen molar-refractivity contribution in [3.63, 3.8) is 0 Å². The largest absolute Gasteiger partial charge is 0.497 e. The molecule has 4 rings (SSSR count). The Bertz CT molecular complexity index is 1300. The first-order valence-electron chi connectivity index (χ1n) is 10.3. The van der Waals surface area contributed by atoms with Gasteiger partial charge in [0.05, 0.1) is 18.6 Å². The molecule has 4 aromatic rings. The number of benzene rings is 3. The van der Waals surface area contributed by atoms with Crippen LogP contribution >= 0.6 is 11.8 Å². The predicted octanol–water partition coefficient (Wildman–Crippen LogP) is 4.36. The average molecular weight is 481 g/mol. The fourth-order valence-electron chi connectivity index (χ4n) is 3.18. The SMILES string of the molecule is COc1ccc(S(=O)(=O)NCc2nnc(SCc3ccccc3)n2-c2ccc(C)cc2)cc1. The number of hydrogen-bond acceptors (Lipinski definition) is 6. The Morgan fingerprint density at radius 2 is 1.64 bits per heavy atom. The van der Waals surface area contributed by atoms with Gasteiger partial charge in [0.2, 0.25) is 10.0 Å². The molecule has 170 valence electrons. The lowest BCUT2D eigenvalue weighted by Crippen LogP contribution is -2.25. The molecule has 0 aliphatic carbocycles. The van der Waals surface area contributed by atoms with E-state index < -0.39 is 10.0 Å². The van der Waals surface area contributed by atoms with Crippen LogP contribution in [0.25, 0.3) is 5.69 Å². The van der Waals surface area contributed by atoms with Crippen LogP contribution in [0.5, 0.6) is 5.75 Å². The third-order valence-electron chi connectivity index (χ3n) is 4.99. The lowest BCUT2D eigenvalue weighted by Gasteiger charge is -2.12. The maximum absolute atomic E-state index is 12.8. The van der Waals surface area contributed by atoms with Gasteiger partial charge in [-0.3, -0.25) is 4.57 Å². The number of nitrogens with one attached hydrogen (secondary N) is 1. The van der Waals surface area contributed by atoms with E-state index in [0.29, 0.717) is 16.7 Å². The van der Waals surface area contributed by atoms with Crippen LogP contribution < -0.4 is 9.46 Å². The van der Waals surface area contributed by atoms with Crippen LogP contribution in [0.1, 0.15) is 17.0 Å². The lowest BCUT2D eigenvalue weighted by atomic mass is 10.2. The zero-order valence-corrected chi connectivity index (χ0v) is 19.9. The van der Waals surface area contributed by atoms with Crippen LogP contribution in [-0.4, -0.2) is 30.3 Å². The normalized spacial score (nSPS) is 11.5. The van der Waals surface area contributed by atoms with E-state index in [9.17, 15) is 8.42 Å². The summed E-state index contributed by atoms with van der Waals surface area (Å²) in [5.41, 5.74) is 3.18. The molecule has 0 aliphatic rings. The van der Waals surface area contributed by atoms with Gasteiger partial charge in [-0.15, -0.1) is 10.2 Å². The number of rotatable bonds is 9. The lowest BCUT2D eigenvalue weighted by molar-refractivity contribution is 0.414. The second-order valence-electron chi connectivity index (χ2n) is 7.34. The average Bonchev–Trinajstić information content (AvgIpc) is 3.25. The fraction of sp³-hybridized carbons (Fsp3) is 0.167. The Labute approximate surface area is 197 Å². The van der Waals surface area contributed by atoms with E-state index in [0.717, 1.165) is 17.0 Å². The second-order valence-corrected chi connectivity index (χ2v) is 10.1. The van der Waals surface area contributed by atoms with Crippen molar-refractivity contribution in [1.29, 1.82) is 0 Å². The van der Waals surface area contributed by atoms with Crippen molar-refractivity contribution in [1.82, 2.24) is 19.5 Å². The highest BCUT2D eigenvalue weighted by molar-refractivity contribution is 7.98. The minimum atomic E-state index is -3.73. The van der Waals surface area contributed by atoms with Crippen LogP contribution in [0, 0.1) is 6.92 Å². The number of hydrogen-bond donors (Lipinski definition) is 1. The first-order valence-corrected chi connectivity index (χ1v) is 12.7. The zero-order chi connectivity index (χ0) is 23.3. The Kier molecular flexibility index (Phi) is 7.12. The monoisotopic (exact) mass is 480 g/mol. The Morgan fingerprint density at radius 1 is 0.939 bits per heavy atom. The van der Waals surface area contributed by atoms with Gasteiger partial charge in [-0.25, -0.2) is 13.1 Å². The summed E-state index contributed by atoms with van der Waals surface area (Å²) in [6.07, 6.45) is 0. The molecule has 0 aliphatic heterocycles. The molecule has 1 aromatic heterocycles. The van der Waals surface area contributed by atoms with Crippen molar-refractivity contribution < 1.29 is 13.2 Å². The highest BCUT2D eigenvalue weighted by Gasteiger charge is 2.19. The standard InChI is InChI=1S/C24H24N4O3S2/c1-18-8-10-20(11-9-18)28-23(26-27-24(28)32-17-19-6-4-3-5-7-19)16-25-33(29,30)22-14-12-21(31-2)13-15-22/h3-15,25H,16-17H2,1-2H3. The molecule has 9 heteroatoms. The van der Waals surface area contributed by atoms with Crippen molar-refractivity contribution in [3.05, 3.63) is 95.8 Å². The molecule has 0 unspecified atom stereocenters. The maximum atomic E-state index is 12.8. The number of methoxy groups -OCH3 is 1. The first-order chi connectivity index (χ1) is 16.0. The molecule has 0 saturated heterocycles. The summed E-state index contributed by atoms with van der Waals surface area (Å²) in [5.74, 6) is 1.82. The second kappa shape index (κ2) is 10.2. The van der Waals surface area contributed by atoms with Crippen LogP contribution in [-0.2, 0) is 22.3 Å². The van der Waals surface area contributed by atoms with E-state index >= 15 is 0 Å². The topological polar surface area (TPSA) is 86.1 Å². The number of thioether (sulfide) groups is 1. The van der Waals surface area contributed by atoms with Gasteiger partial charge in [0.25, 0.3) is 0 Å². The fourth-order valence-corrected chi connectivity index (χ4v) is 5.09. The number of sulfonamides is 1. The minimum absolute atomic E-state index is 0.00113. The molecular formula is C24H24N4O3S2. The van der Waals surface area contributed by atoms with Crippen LogP contribution in [0.2, 0.25) is 0 Å². The van der Waals surface area contributed by atoms with Crippen molar-refractivity contribution in [3.8, 4) is 11.4 Å². The summed E-state index contributed by atoms with van der Waals surface area (Å²) in [6.45, 7) is 2.02. The van der Waals surface area contributed by atoms with E-state index in [1.165, 1.54) is 24.8 Å². The molecule has 1 N–H and O–H groups in total. The summed E-state index contributed by atoms with van der Waals surface area (Å²) >= 11 is 1.55. The molecule has 0 bridgehead atoms. The van der Waals surface area contributed by atoms with Crippen molar-refractivity contribution in [2.24, 2.45) is 0 Å². The summed E-state index contributed by atoms with van der Waals surface area (Å²) in [5, 5.41) is 9.34. The molecule has 1 heterocycles. The summed E-state index contributed by atoms with van der Waals surface area (Å²) in [6, 6.07) is 24.3. The molecule has 0 atom stereocenters. The van der Waals surface area contributed by atoms with E-state index in [4.69, 9.17) is 4.74 Å². The van der Waals surface area contributed by atoms with Gasteiger partial charge < -0.3 is 4.74 Å². The van der Waals surface area contributed by atoms with E-state index in [2.05, 4.69) is 27.1 Å². The summed E-state index contributed by atoms with van der Waals surface area (Å²) in [7, 11) is -2.19. The van der Waals surface area contributed by atoms with Gasteiger partial charge in [0, 0.05) is 11.4 Å². The van der Waals surface area contributed by atoms with Gasteiger partial charge in [0.15, 0.2) is 11.0 Å². The van der Waals surface area contributed by atoms with E-state index in [1.807, 2.05) is 54.0 Å². The molecule has 33 heavy (non-hydrogen) atoms. The number of nitrogens with zero attached hydrogens (tertiary/aromatic N) is 3. The third kappa shape index (κ3) is 5.62. The van der Waals surface area contributed by atoms with E-state index in [1.54, 1.807) is 23.9 Å². The van der Waals surface area contributed by atoms with Crippen molar-refractivity contribution >= 4 is 21.8 Å². The molecule has 7 nitrogen and oxygen atoms in total. The first kappa shape index (κ1) is 23.0. The zero-order valence-electron chi connectivity index (χ0n) is 18.3. The highest BCUT2D eigenvalue weighted by Crippen LogP contribution is 2.26. The van der Waals surface area contributed by atoms with Gasteiger partial charge in [-0.05, 0) is 48.9 Å². The Balaban J connectivity index is 1.59. The van der Waals surface area contributed by atoms with Crippen molar-refractivity contribution in [2.45, 2.75) is 29.3 Å². The predicted molar refractivity (Wildman–Crippen MR) is 129 cm³/mol. The van der Waals surface area contributed by atoms with Crippen molar-refractivity contribution in [2.75, 3.05) is 7.11 Å². The molecular weight excluding hydrogens is 456 g/mol. The molecule has 0 spiro atoms. The van der Waals surface area contributed by atoms with Crippen LogP contribution in [0.4, 0.5) is 0 Å². The Hall–Kier alpha value is -3.14. The molecule has 0 saturated carbocycles. The summed E-state index contributed by atoms with van der Waals surface area (Å²) < 4.78 is 35.2. The quantitative estimate of drug-likeness (QED) is 0.358. The maximum Gasteiger partial charge on any atom is 0.240 e. The summed E-state index contributed by atoms with van der Waals surface area (Å²) in [4.78, 5) is 0.156. The molecule has 0 fully saturated rings.